The lowest BCUT2D eigenvalue weighted by molar-refractivity contribution is -0.123. The zero-order valence-electron chi connectivity index (χ0n) is 21.6. The van der Waals surface area contributed by atoms with Crippen LogP contribution >= 0.6 is 0 Å². The summed E-state index contributed by atoms with van der Waals surface area (Å²) in [4.78, 5) is 36.9. The zero-order valence-corrected chi connectivity index (χ0v) is 21.6. The van der Waals surface area contributed by atoms with Crippen LogP contribution in [-0.2, 0) is 14.3 Å². The summed E-state index contributed by atoms with van der Waals surface area (Å²) in [5.74, 6) is -0.309. The Labute approximate surface area is 213 Å². The number of likely N-dealkylation sites (N-methyl/N-ethyl adjacent to an activating group) is 1. The Morgan fingerprint density at radius 2 is 1.50 bits per heavy atom. The number of alkyl carbamates (subject to hydrolysis) is 2. The average Bonchev–Trinajstić information content (AvgIpc) is 3.14. The summed E-state index contributed by atoms with van der Waals surface area (Å²) >= 11 is 0. The van der Waals surface area contributed by atoms with Gasteiger partial charge < -0.3 is 25.4 Å². The third kappa shape index (κ3) is 7.47. The number of unbranched alkanes of at least 4 members (excludes halogenated alkanes) is 1. The van der Waals surface area contributed by atoms with E-state index in [1.54, 1.807) is 20.8 Å². The molecule has 2 aromatic carbocycles. The van der Waals surface area contributed by atoms with Gasteiger partial charge in [0.25, 0.3) is 0 Å². The predicted molar refractivity (Wildman–Crippen MR) is 139 cm³/mol. The lowest BCUT2D eigenvalue weighted by atomic mass is 9.98. The number of hydrogen-bond donors (Lipinski definition) is 3. The predicted octanol–water partition coefficient (Wildman–Crippen LogP) is 4.72. The van der Waals surface area contributed by atoms with Crippen molar-refractivity contribution in [2.24, 2.45) is 0 Å². The number of ether oxygens (including phenoxy) is 2. The van der Waals surface area contributed by atoms with E-state index >= 15 is 0 Å². The number of carbonyl (C=O) groups excluding carboxylic acids is 3. The number of nitrogens with one attached hydrogen (secondary N) is 3. The minimum Gasteiger partial charge on any atom is -0.449 e. The molecule has 36 heavy (non-hydrogen) atoms. The van der Waals surface area contributed by atoms with Crippen LogP contribution in [0.25, 0.3) is 11.1 Å². The van der Waals surface area contributed by atoms with Crippen molar-refractivity contribution in [1.29, 1.82) is 0 Å². The highest BCUT2D eigenvalue weighted by molar-refractivity contribution is 5.85. The summed E-state index contributed by atoms with van der Waals surface area (Å²) in [6.07, 6.45) is 0.592. The molecule has 0 heterocycles. The van der Waals surface area contributed by atoms with Crippen molar-refractivity contribution in [3.63, 3.8) is 0 Å². The Hall–Kier alpha value is -3.55. The molecular weight excluding hydrogens is 458 g/mol. The Morgan fingerprint density at radius 1 is 0.889 bits per heavy atom. The Bertz CT molecular complexity index is 1020. The lowest BCUT2D eigenvalue weighted by Gasteiger charge is -2.20. The van der Waals surface area contributed by atoms with Crippen LogP contribution < -0.4 is 16.0 Å². The van der Waals surface area contributed by atoms with Crippen LogP contribution in [0.3, 0.4) is 0 Å². The number of hydrogen-bond acceptors (Lipinski definition) is 5. The molecule has 194 valence electrons. The van der Waals surface area contributed by atoms with Gasteiger partial charge in [0.1, 0.15) is 18.2 Å². The summed E-state index contributed by atoms with van der Waals surface area (Å²) in [6, 6.07) is 15.5. The maximum atomic E-state index is 12.7. The van der Waals surface area contributed by atoms with E-state index in [-0.39, 0.29) is 18.4 Å². The van der Waals surface area contributed by atoms with Gasteiger partial charge in [-0.2, -0.15) is 0 Å². The molecule has 0 radical (unpaired) electrons. The highest BCUT2D eigenvalue weighted by Crippen LogP contribution is 2.44. The Morgan fingerprint density at radius 3 is 2.08 bits per heavy atom. The molecule has 3 rings (SSSR count). The van der Waals surface area contributed by atoms with Crippen molar-refractivity contribution in [2.45, 2.75) is 64.5 Å². The van der Waals surface area contributed by atoms with Crippen molar-refractivity contribution < 1.29 is 23.9 Å². The smallest absolute Gasteiger partial charge is 0.407 e. The molecule has 1 atom stereocenters. The van der Waals surface area contributed by atoms with Crippen molar-refractivity contribution in [2.75, 3.05) is 19.7 Å². The molecule has 8 nitrogen and oxygen atoms in total. The molecule has 0 saturated heterocycles. The van der Waals surface area contributed by atoms with Gasteiger partial charge in [-0.3, -0.25) is 4.79 Å². The maximum absolute atomic E-state index is 12.7. The molecule has 0 aromatic heterocycles. The van der Waals surface area contributed by atoms with E-state index in [2.05, 4.69) is 40.2 Å². The summed E-state index contributed by atoms with van der Waals surface area (Å²) in [5, 5.41) is 8.18. The van der Waals surface area contributed by atoms with Gasteiger partial charge in [0, 0.05) is 19.0 Å². The van der Waals surface area contributed by atoms with Crippen LogP contribution in [0.1, 0.15) is 64.0 Å². The Balaban J connectivity index is 1.51. The van der Waals surface area contributed by atoms with E-state index < -0.39 is 23.8 Å². The third-order valence-electron chi connectivity index (χ3n) is 5.89. The van der Waals surface area contributed by atoms with Crippen LogP contribution in [0.5, 0.6) is 0 Å². The van der Waals surface area contributed by atoms with Gasteiger partial charge in [0.15, 0.2) is 0 Å². The standard InChI is InChI=1S/C28H37N3O5/c1-5-29-25(32)24(16-10-11-17-30-26(33)36-28(2,3)4)31-27(34)35-18-23-21-14-8-6-12-19(21)20-13-7-9-15-22(20)23/h6-9,12-15,23-24H,5,10-11,16-18H2,1-4H3,(H,29,32)(H,30,33)(H,31,34)/t24-/m1/s1. The molecule has 3 amide bonds. The molecule has 8 heteroatoms. The number of fused-ring (bicyclic) bond motifs is 3. The van der Waals surface area contributed by atoms with Gasteiger partial charge in [-0.05, 0) is 69.2 Å². The Kier molecular flexibility index (Phi) is 9.33. The summed E-state index contributed by atoms with van der Waals surface area (Å²) in [6.45, 7) is 8.30. The van der Waals surface area contributed by atoms with E-state index in [9.17, 15) is 14.4 Å². The van der Waals surface area contributed by atoms with Crippen LogP contribution in [-0.4, -0.2) is 49.4 Å². The second-order valence-electron chi connectivity index (χ2n) is 9.84. The fraction of sp³-hybridized carbons (Fsp3) is 0.464. The van der Waals surface area contributed by atoms with Crippen molar-refractivity contribution in [3.8, 4) is 11.1 Å². The minimum absolute atomic E-state index is 0.0509. The fourth-order valence-corrected chi connectivity index (χ4v) is 4.33. The molecule has 0 spiro atoms. The molecule has 1 aliphatic rings. The van der Waals surface area contributed by atoms with Crippen molar-refractivity contribution >= 4 is 18.1 Å². The first-order chi connectivity index (χ1) is 17.2. The van der Waals surface area contributed by atoms with E-state index in [0.29, 0.717) is 32.4 Å². The molecule has 0 unspecified atom stereocenters. The molecular formula is C28H37N3O5. The first-order valence-corrected chi connectivity index (χ1v) is 12.6. The first kappa shape index (κ1) is 27.0. The molecule has 0 aliphatic heterocycles. The molecule has 0 bridgehead atoms. The monoisotopic (exact) mass is 495 g/mol. The van der Waals surface area contributed by atoms with Gasteiger partial charge in [0.2, 0.25) is 5.91 Å². The SMILES string of the molecule is CCNC(=O)[C@@H](CCCCNC(=O)OC(C)(C)C)NC(=O)OCC1c2ccccc2-c2ccccc21. The third-order valence-corrected chi connectivity index (χ3v) is 5.89. The van der Waals surface area contributed by atoms with Crippen LogP contribution in [0, 0.1) is 0 Å². The van der Waals surface area contributed by atoms with Gasteiger partial charge in [0.05, 0.1) is 0 Å². The van der Waals surface area contributed by atoms with Gasteiger partial charge in [-0.25, -0.2) is 9.59 Å². The molecule has 0 fully saturated rings. The fourth-order valence-electron chi connectivity index (χ4n) is 4.33. The van der Waals surface area contributed by atoms with Gasteiger partial charge >= 0.3 is 12.2 Å². The molecule has 2 aromatic rings. The number of benzene rings is 2. The summed E-state index contributed by atoms with van der Waals surface area (Å²) in [7, 11) is 0. The van der Waals surface area contributed by atoms with Crippen LogP contribution in [0.15, 0.2) is 48.5 Å². The van der Waals surface area contributed by atoms with E-state index in [4.69, 9.17) is 9.47 Å². The summed E-state index contributed by atoms with van der Waals surface area (Å²) in [5.41, 5.74) is 4.01. The minimum atomic E-state index is -0.720. The normalized spacial score (nSPS) is 13.2. The van der Waals surface area contributed by atoms with Gasteiger partial charge in [-0.1, -0.05) is 48.5 Å². The number of rotatable bonds is 10. The van der Waals surface area contributed by atoms with Crippen molar-refractivity contribution in [3.05, 3.63) is 59.7 Å². The molecule has 1 aliphatic carbocycles. The number of carbonyl (C=O) groups is 3. The second-order valence-corrected chi connectivity index (χ2v) is 9.84. The lowest BCUT2D eigenvalue weighted by Crippen LogP contribution is -2.47. The maximum Gasteiger partial charge on any atom is 0.407 e. The van der Waals surface area contributed by atoms with Gasteiger partial charge in [-0.15, -0.1) is 0 Å². The van der Waals surface area contributed by atoms with Crippen molar-refractivity contribution in [1.82, 2.24) is 16.0 Å². The highest BCUT2D eigenvalue weighted by Gasteiger charge is 2.29. The first-order valence-electron chi connectivity index (χ1n) is 12.6. The average molecular weight is 496 g/mol. The van der Waals surface area contributed by atoms with E-state index in [1.165, 1.54) is 0 Å². The highest BCUT2D eigenvalue weighted by atomic mass is 16.6. The van der Waals surface area contributed by atoms with Crippen LogP contribution in [0.2, 0.25) is 0 Å². The number of amides is 3. The molecule has 0 saturated carbocycles. The van der Waals surface area contributed by atoms with Crippen LogP contribution in [0.4, 0.5) is 9.59 Å². The second kappa shape index (κ2) is 12.4. The zero-order chi connectivity index (χ0) is 26.1. The topological polar surface area (TPSA) is 106 Å². The summed E-state index contributed by atoms with van der Waals surface area (Å²) < 4.78 is 10.8. The van der Waals surface area contributed by atoms with E-state index in [1.807, 2.05) is 31.2 Å². The largest absolute Gasteiger partial charge is 0.449 e. The quantitative estimate of drug-likeness (QED) is 0.414. The van der Waals surface area contributed by atoms with E-state index in [0.717, 1.165) is 22.3 Å². The molecule has 3 N–H and O–H groups in total.